The third kappa shape index (κ3) is 4.67. The first-order chi connectivity index (χ1) is 15.0. The number of rotatable bonds is 6. The van der Waals surface area contributed by atoms with Gasteiger partial charge in [0.15, 0.2) is 5.69 Å². The zero-order chi connectivity index (χ0) is 21.8. The van der Waals surface area contributed by atoms with Crippen LogP contribution in [-0.2, 0) is 6.54 Å². The Balaban J connectivity index is 1.44. The summed E-state index contributed by atoms with van der Waals surface area (Å²) in [5.74, 6) is -0.0259. The fourth-order valence-electron chi connectivity index (χ4n) is 2.92. The molecule has 4 rings (SSSR count). The average Bonchev–Trinajstić information content (AvgIpc) is 3.17. The van der Waals surface area contributed by atoms with Gasteiger partial charge >= 0.3 is 0 Å². The van der Waals surface area contributed by atoms with Gasteiger partial charge in [0.25, 0.3) is 5.91 Å². The third-order valence-corrected chi connectivity index (χ3v) is 4.54. The molecule has 0 saturated carbocycles. The van der Waals surface area contributed by atoms with Gasteiger partial charge in [-0.05, 0) is 48.9 Å². The number of benzene rings is 2. The van der Waals surface area contributed by atoms with Crippen LogP contribution in [-0.4, -0.2) is 25.9 Å². The predicted octanol–water partition coefficient (Wildman–Crippen LogP) is 3.56. The van der Waals surface area contributed by atoms with Gasteiger partial charge in [0.1, 0.15) is 17.5 Å². The van der Waals surface area contributed by atoms with Gasteiger partial charge in [-0.25, -0.2) is 9.37 Å². The second-order valence-electron chi connectivity index (χ2n) is 6.82. The van der Waals surface area contributed by atoms with Crippen LogP contribution in [0.5, 0.6) is 0 Å². The normalized spacial score (nSPS) is 10.6. The highest BCUT2D eigenvalue weighted by Crippen LogP contribution is 2.20. The summed E-state index contributed by atoms with van der Waals surface area (Å²) in [5.41, 5.74) is 8.72. The number of aryl methyl sites for hydroxylation is 1. The first kappa shape index (κ1) is 20.0. The molecule has 2 heterocycles. The minimum Gasteiger partial charge on any atom is -0.382 e. The highest BCUT2D eigenvalue weighted by molar-refractivity contribution is 6.04. The number of amides is 1. The molecule has 0 saturated heterocycles. The summed E-state index contributed by atoms with van der Waals surface area (Å²) in [4.78, 5) is 18.4. The van der Waals surface area contributed by atoms with Gasteiger partial charge in [-0.2, -0.15) is 9.90 Å². The van der Waals surface area contributed by atoms with Gasteiger partial charge in [-0.15, -0.1) is 5.10 Å². The van der Waals surface area contributed by atoms with Crippen LogP contribution in [0.15, 0.2) is 66.7 Å². The van der Waals surface area contributed by atoms with Crippen molar-refractivity contribution >= 4 is 23.2 Å². The molecule has 2 aromatic carbocycles. The molecule has 0 aliphatic carbocycles. The Hall–Kier alpha value is -4.27. The molecule has 9 heteroatoms. The van der Waals surface area contributed by atoms with Gasteiger partial charge in [0.05, 0.1) is 17.1 Å². The monoisotopic (exact) mass is 417 g/mol. The molecule has 0 spiro atoms. The van der Waals surface area contributed by atoms with E-state index in [0.717, 1.165) is 11.3 Å². The maximum atomic E-state index is 13.0. The van der Waals surface area contributed by atoms with Crippen LogP contribution in [0.2, 0.25) is 0 Å². The standard InChI is InChI=1S/C22H20FN7O/c1-14-20(29-30(28-14)17-5-3-2-4-6-17)22(31)26-18-11-12-19(27-21(18)24)25-13-15-7-9-16(23)10-8-15/h2-12H,13H2,1H3,(H,26,31)(H3,24,25,27). The van der Waals surface area contributed by atoms with E-state index in [1.807, 2.05) is 30.3 Å². The number of nitrogens with two attached hydrogens (primary N) is 1. The summed E-state index contributed by atoms with van der Waals surface area (Å²) in [6, 6.07) is 18.8. The van der Waals surface area contributed by atoms with E-state index in [1.165, 1.54) is 16.9 Å². The molecule has 1 amide bonds. The van der Waals surface area contributed by atoms with Crippen molar-refractivity contribution in [1.29, 1.82) is 0 Å². The smallest absolute Gasteiger partial charge is 0.278 e. The molecule has 4 aromatic rings. The summed E-state index contributed by atoms with van der Waals surface area (Å²) < 4.78 is 13.0. The summed E-state index contributed by atoms with van der Waals surface area (Å²) in [6.45, 7) is 2.17. The molecular weight excluding hydrogens is 397 g/mol. The van der Waals surface area contributed by atoms with Gasteiger partial charge in [-0.3, -0.25) is 4.79 Å². The average molecular weight is 417 g/mol. The van der Waals surface area contributed by atoms with E-state index in [2.05, 4.69) is 25.8 Å². The number of anilines is 3. The number of carbonyl (C=O) groups excluding carboxylic acids is 1. The second kappa shape index (κ2) is 8.62. The molecule has 2 aromatic heterocycles. The van der Waals surface area contributed by atoms with Crippen LogP contribution in [0, 0.1) is 12.7 Å². The minimum atomic E-state index is -0.430. The number of aromatic nitrogens is 4. The first-order valence-corrected chi connectivity index (χ1v) is 9.55. The highest BCUT2D eigenvalue weighted by atomic mass is 19.1. The van der Waals surface area contributed by atoms with Crippen LogP contribution in [0.3, 0.4) is 0 Å². The molecule has 0 aliphatic rings. The molecule has 156 valence electrons. The molecule has 8 nitrogen and oxygen atoms in total. The van der Waals surface area contributed by atoms with Crippen molar-refractivity contribution in [2.24, 2.45) is 0 Å². The van der Waals surface area contributed by atoms with Crippen molar-refractivity contribution in [3.63, 3.8) is 0 Å². The Kier molecular flexibility index (Phi) is 5.57. The second-order valence-corrected chi connectivity index (χ2v) is 6.82. The minimum absolute atomic E-state index is 0.158. The van der Waals surface area contributed by atoms with Crippen molar-refractivity contribution in [3.8, 4) is 5.69 Å². The van der Waals surface area contributed by atoms with Crippen molar-refractivity contribution in [2.45, 2.75) is 13.5 Å². The maximum absolute atomic E-state index is 13.0. The lowest BCUT2D eigenvalue weighted by Gasteiger charge is -2.10. The number of nitrogens with one attached hydrogen (secondary N) is 2. The fraction of sp³-hybridized carbons (Fsp3) is 0.0909. The lowest BCUT2D eigenvalue weighted by atomic mass is 10.2. The number of nitrogens with zero attached hydrogens (tertiary/aromatic N) is 4. The van der Waals surface area contributed by atoms with Gasteiger partial charge in [0.2, 0.25) is 0 Å². The van der Waals surface area contributed by atoms with Crippen molar-refractivity contribution < 1.29 is 9.18 Å². The lowest BCUT2D eigenvalue weighted by molar-refractivity contribution is 0.102. The molecule has 4 N–H and O–H groups in total. The fourth-order valence-corrected chi connectivity index (χ4v) is 2.92. The molecule has 0 radical (unpaired) electrons. The van der Waals surface area contributed by atoms with E-state index in [4.69, 9.17) is 5.73 Å². The van der Waals surface area contributed by atoms with Gasteiger partial charge in [0, 0.05) is 6.54 Å². The topological polar surface area (TPSA) is 111 Å². The summed E-state index contributed by atoms with van der Waals surface area (Å²) in [5, 5.41) is 14.4. The van der Waals surface area contributed by atoms with E-state index in [0.29, 0.717) is 23.7 Å². The van der Waals surface area contributed by atoms with Crippen LogP contribution in [0.1, 0.15) is 21.7 Å². The summed E-state index contributed by atoms with van der Waals surface area (Å²) >= 11 is 0. The third-order valence-electron chi connectivity index (χ3n) is 4.54. The van der Waals surface area contributed by atoms with Crippen molar-refractivity contribution in [1.82, 2.24) is 20.0 Å². The molecule has 0 bridgehead atoms. The molecule has 0 atom stereocenters. The van der Waals surface area contributed by atoms with Crippen molar-refractivity contribution in [3.05, 3.63) is 89.5 Å². The number of para-hydroxylation sites is 1. The summed E-state index contributed by atoms with van der Waals surface area (Å²) in [6.07, 6.45) is 0. The predicted molar refractivity (Wildman–Crippen MR) is 116 cm³/mol. The molecule has 0 fully saturated rings. The van der Waals surface area contributed by atoms with Crippen molar-refractivity contribution in [2.75, 3.05) is 16.4 Å². The number of hydrogen-bond donors (Lipinski definition) is 3. The Labute approximate surface area is 177 Å². The van der Waals surface area contributed by atoms with E-state index < -0.39 is 5.91 Å². The van der Waals surface area contributed by atoms with E-state index >= 15 is 0 Å². The molecule has 0 aliphatic heterocycles. The molecule has 31 heavy (non-hydrogen) atoms. The Morgan fingerprint density at radius 3 is 2.48 bits per heavy atom. The number of halogens is 1. The number of nitrogen functional groups attached to an aromatic ring is 1. The van der Waals surface area contributed by atoms with E-state index in [1.54, 1.807) is 31.2 Å². The van der Waals surface area contributed by atoms with Crippen LogP contribution in [0.25, 0.3) is 5.69 Å². The number of hydrogen-bond acceptors (Lipinski definition) is 6. The maximum Gasteiger partial charge on any atom is 0.278 e. The summed E-state index contributed by atoms with van der Waals surface area (Å²) in [7, 11) is 0. The van der Waals surface area contributed by atoms with Crippen LogP contribution < -0.4 is 16.4 Å². The first-order valence-electron chi connectivity index (χ1n) is 9.55. The Morgan fingerprint density at radius 1 is 1.03 bits per heavy atom. The largest absolute Gasteiger partial charge is 0.382 e. The van der Waals surface area contributed by atoms with Crippen LogP contribution in [0.4, 0.5) is 21.7 Å². The van der Waals surface area contributed by atoms with Crippen LogP contribution >= 0.6 is 0 Å². The Bertz CT molecular complexity index is 1210. The number of pyridine rings is 1. The van der Waals surface area contributed by atoms with Gasteiger partial charge < -0.3 is 16.4 Å². The highest BCUT2D eigenvalue weighted by Gasteiger charge is 2.18. The van der Waals surface area contributed by atoms with E-state index in [-0.39, 0.29) is 17.3 Å². The lowest BCUT2D eigenvalue weighted by Crippen LogP contribution is -2.16. The Morgan fingerprint density at radius 2 is 1.77 bits per heavy atom. The quantitative estimate of drug-likeness (QED) is 0.442. The van der Waals surface area contributed by atoms with Gasteiger partial charge in [-0.1, -0.05) is 30.3 Å². The molecule has 0 unspecified atom stereocenters. The van der Waals surface area contributed by atoms with E-state index in [9.17, 15) is 9.18 Å². The zero-order valence-electron chi connectivity index (χ0n) is 16.7. The zero-order valence-corrected chi connectivity index (χ0v) is 16.7. The SMILES string of the molecule is Cc1nn(-c2ccccc2)nc1C(=O)Nc1ccc(NCc2ccc(F)cc2)nc1N. The number of carbonyl (C=O) groups is 1. The molecular formula is C22H20FN7O.